The molecule has 0 radical (unpaired) electrons. The molecule has 0 saturated heterocycles. The fourth-order valence-corrected chi connectivity index (χ4v) is 5.15. The fraction of sp³-hybridized carbons (Fsp3) is 0.150. The molecule has 3 aromatic rings. The topological polar surface area (TPSA) is 92.3 Å². The molecule has 2 aromatic carbocycles. The molecular formula is C20H17ClN4O3S2. The molecule has 30 heavy (non-hydrogen) atoms. The number of halogens is 1. The summed E-state index contributed by atoms with van der Waals surface area (Å²) in [5.41, 5.74) is 3.10. The largest absolute Gasteiger partial charge is 0.325 e. The van der Waals surface area contributed by atoms with Gasteiger partial charge in [-0.05, 0) is 36.8 Å². The van der Waals surface area contributed by atoms with Crippen molar-refractivity contribution in [3.63, 3.8) is 0 Å². The van der Waals surface area contributed by atoms with Gasteiger partial charge in [-0.15, -0.1) is 0 Å². The van der Waals surface area contributed by atoms with E-state index in [0.717, 1.165) is 23.0 Å². The number of aryl methyl sites for hydroxylation is 1. The molecule has 0 aliphatic carbocycles. The van der Waals surface area contributed by atoms with E-state index in [4.69, 9.17) is 11.6 Å². The van der Waals surface area contributed by atoms with Crippen LogP contribution < -0.4 is 9.62 Å². The Labute approximate surface area is 183 Å². The standard InChI is InChI=1S/C20H17ClN4O3S2/c1-12-5-3-4-6-15(12)23-18(26)11-29-20-22-10-17-19(24-20)14-8-7-13(21)9-16(14)25(2)30(17,27)28/h3-10H,11H2,1-2H3,(H,23,26). The highest BCUT2D eigenvalue weighted by Crippen LogP contribution is 2.42. The Hall–Kier alpha value is -2.62. The van der Waals surface area contributed by atoms with Crippen molar-refractivity contribution in [2.45, 2.75) is 17.0 Å². The molecule has 0 saturated carbocycles. The lowest BCUT2D eigenvalue weighted by Gasteiger charge is -2.28. The first kappa shape index (κ1) is 20.6. The van der Waals surface area contributed by atoms with Crippen LogP contribution in [0.2, 0.25) is 5.02 Å². The van der Waals surface area contributed by atoms with Gasteiger partial charge in [-0.2, -0.15) is 0 Å². The molecule has 1 aliphatic heterocycles. The van der Waals surface area contributed by atoms with E-state index in [0.29, 0.717) is 27.1 Å². The van der Waals surface area contributed by atoms with Gasteiger partial charge in [0.15, 0.2) is 5.16 Å². The Kier molecular flexibility index (Phi) is 5.44. The molecule has 2 heterocycles. The van der Waals surface area contributed by atoms with Crippen LogP contribution in [0.4, 0.5) is 11.4 Å². The maximum Gasteiger partial charge on any atom is 0.267 e. The Morgan fingerprint density at radius 2 is 2.00 bits per heavy atom. The number of sulfonamides is 1. The summed E-state index contributed by atoms with van der Waals surface area (Å²) >= 11 is 7.19. The van der Waals surface area contributed by atoms with Gasteiger partial charge in [0.2, 0.25) is 5.91 Å². The lowest BCUT2D eigenvalue weighted by atomic mass is 10.1. The first-order valence-electron chi connectivity index (χ1n) is 8.91. The van der Waals surface area contributed by atoms with Crippen molar-refractivity contribution in [2.75, 3.05) is 22.4 Å². The summed E-state index contributed by atoms with van der Waals surface area (Å²) < 4.78 is 26.8. The maximum atomic E-state index is 12.8. The lowest BCUT2D eigenvalue weighted by molar-refractivity contribution is -0.113. The van der Waals surface area contributed by atoms with Crippen LogP contribution in [-0.4, -0.2) is 37.1 Å². The van der Waals surface area contributed by atoms with Gasteiger partial charge in [0, 0.05) is 23.3 Å². The van der Waals surface area contributed by atoms with Crippen molar-refractivity contribution in [2.24, 2.45) is 0 Å². The number of hydrogen-bond donors (Lipinski definition) is 1. The van der Waals surface area contributed by atoms with Crippen molar-refractivity contribution in [1.29, 1.82) is 0 Å². The number of amides is 1. The minimum Gasteiger partial charge on any atom is -0.325 e. The minimum absolute atomic E-state index is 0.0218. The van der Waals surface area contributed by atoms with Crippen LogP contribution in [0, 0.1) is 6.92 Å². The zero-order chi connectivity index (χ0) is 21.5. The average molecular weight is 461 g/mol. The first-order valence-corrected chi connectivity index (χ1v) is 11.7. The van der Waals surface area contributed by atoms with Crippen LogP contribution in [0.5, 0.6) is 0 Å². The highest BCUT2D eigenvalue weighted by atomic mass is 35.5. The second-order valence-electron chi connectivity index (χ2n) is 6.65. The molecular weight excluding hydrogens is 444 g/mol. The summed E-state index contributed by atoms with van der Waals surface area (Å²) in [6.45, 7) is 1.91. The smallest absolute Gasteiger partial charge is 0.267 e. The molecule has 0 atom stereocenters. The highest BCUT2D eigenvalue weighted by molar-refractivity contribution is 7.99. The molecule has 1 aliphatic rings. The molecule has 1 aromatic heterocycles. The van der Waals surface area contributed by atoms with E-state index in [9.17, 15) is 13.2 Å². The maximum absolute atomic E-state index is 12.8. The number of carbonyl (C=O) groups is 1. The van der Waals surface area contributed by atoms with Crippen molar-refractivity contribution in [1.82, 2.24) is 9.97 Å². The lowest BCUT2D eigenvalue weighted by Crippen LogP contribution is -2.31. The highest BCUT2D eigenvalue weighted by Gasteiger charge is 2.34. The summed E-state index contributed by atoms with van der Waals surface area (Å²) in [5, 5.41) is 3.59. The summed E-state index contributed by atoms with van der Waals surface area (Å²) in [6.07, 6.45) is 1.29. The van der Waals surface area contributed by atoms with Gasteiger partial charge < -0.3 is 5.32 Å². The van der Waals surface area contributed by atoms with Gasteiger partial charge in [-0.1, -0.05) is 41.6 Å². The van der Waals surface area contributed by atoms with E-state index in [-0.39, 0.29) is 16.6 Å². The average Bonchev–Trinajstić information content (AvgIpc) is 2.72. The van der Waals surface area contributed by atoms with Crippen LogP contribution in [0.15, 0.2) is 58.7 Å². The Balaban J connectivity index is 1.60. The molecule has 0 unspecified atom stereocenters. The molecule has 154 valence electrons. The zero-order valence-electron chi connectivity index (χ0n) is 16.1. The van der Waals surface area contributed by atoms with Gasteiger partial charge in [0.05, 0.1) is 23.3 Å². The Bertz CT molecular complexity index is 1260. The second kappa shape index (κ2) is 7.90. The SMILES string of the molecule is Cc1ccccc1NC(=O)CSc1ncc2c(n1)-c1ccc(Cl)cc1N(C)S2(=O)=O. The Morgan fingerprint density at radius 1 is 1.23 bits per heavy atom. The third-order valence-corrected chi connectivity index (χ3v) is 7.55. The molecule has 0 bridgehead atoms. The van der Waals surface area contributed by atoms with Crippen molar-refractivity contribution >= 4 is 50.7 Å². The van der Waals surface area contributed by atoms with Crippen LogP contribution in [0.3, 0.4) is 0 Å². The summed E-state index contributed by atoms with van der Waals surface area (Å²) in [6, 6.07) is 12.5. The number of nitrogens with zero attached hydrogens (tertiary/aromatic N) is 3. The third-order valence-electron chi connectivity index (χ3n) is 4.68. The van der Waals surface area contributed by atoms with Crippen LogP contribution in [0.1, 0.15) is 5.56 Å². The van der Waals surface area contributed by atoms with Crippen LogP contribution in [0.25, 0.3) is 11.3 Å². The number of fused-ring (bicyclic) bond motifs is 3. The number of nitrogens with one attached hydrogen (secondary N) is 1. The first-order chi connectivity index (χ1) is 14.3. The number of thioether (sulfide) groups is 1. The normalized spacial score (nSPS) is 14.0. The van der Waals surface area contributed by atoms with Crippen molar-refractivity contribution in [3.8, 4) is 11.3 Å². The van der Waals surface area contributed by atoms with E-state index in [1.54, 1.807) is 18.2 Å². The predicted octanol–water partition coefficient (Wildman–Crippen LogP) is 3.97. The molecule has 4 rings (SSSR count). The monoisotopic (exact) mass is 460 g/mol. The number of benzene rings is 2. The second-order valence-corrected chi connectivity index (χ2v) is 9.97. The van der Waals surface area contributed by atoms with E-state index in [1.165, 1.54) is 17.5 Å². The van der Waals surface area contributed by atoms with Crippen LogP contribution >= 0.6 is 23.4 Å². The van der Waals surface area contributed by atoms with Gasteiger partial charge in [0.1, 0.15) is 4.90 Å². The van der Waals surface area contributed by atoms with Gasteiger partial charge in [-0.25, -0.2) is 18.4 Å². The van der Waals surface area contributed by atoms with Crippen LogP contribution in [-0.2, 0) is 14.8 Å². The molecule has 1 amide bonds. The van der Waals surface area contributed by atoms with E-state index >= 15 is 0 Å². The van der Waals surface area contributed by atoms with Gasteiger partial charge in [0.25, 0.3) is 10.0 Å². The molecule has 0 fully saturated rings. The van der Waals surface area contributed by atoms with Gasteiger partial charge in [-0.3, -0.25) is 9.10 Å². The summed E-state index contributed by atoms with van der Waals surface area (Å²) in [5.74, 6) is -0.108. The number of para-hydroxylation sites is 1. The summed E-state index contributed by atoms with van der Waals surface area (Å²) in [7, 11) is -2.32. The molecule has 1 N–H and O–H groups in total. The molecule has 7 nitrogen and oxygen atoms in total. The van der Waals surface area contributed by atoms with Crippen molar-refractivity contribution in [3.05, 3.63) is 59.2 Å². The quantitative estimate of drug-likeness (QED) is 0.467. The number of carbonyl (C=O) groups excluding carboxylic acids is 1. The number of rotatable bonds is 4. The predicted molar refractivity (Wildman–Crippen MR) is 119 cm³/mol. The molecule has 10 heteroatoms. The van der Waals surface area contributed by atoms with Gasteiger partial charge >= 0.3 is 0 Å². The van der Waals surface area contributed by atoms with E-state index in [2.05, 4.69) is 15.3 Å². The zero-order valence-corrected chi connectivity index (χ0v) is 18.5. The number of aromatic nitrogens is 2. The van der Waals surface area contributed by atoms with E-state index < -0.39 is 10.0 Å². The summed E-state index contributed by atoms with van der Waals surface area (Å²) in [4.78, 5) is 20.9. The third kappa shape index (κ3) is 3.76. The Morgan fingerprint density at radius 3 is 2.77 bits per heavy atom. The van der Waals surface area contributed by atoms with E-state index in [1.807, 2.05) is 31.2 Å². The minimum atomic E-state index is -3.78. The number of hydrogen-bond acceptors (Lipinski definition) is 6. The molecule has 0 spiro atoms. The number of anilines is 2. The van der Waals surface area contributed by atoms with Crippen molar-refractivity contribution < 1.29 is 13.2 Å². The fourth-order valence-electron chi connectivity index (χ4n) is 3.08.